The minimum Gasteiger partial charge on any atom is -0.497 e. The molecular weight excluding hydrogens is 496 g/mol. The van der Waals surface area contributed by atoms with E-state index in [-0.39, 0.29) is 18.4 Å². The summed E-state index contributed by atoms with van der Waals surface area (Å²) >= 11 is 0. The summed E-state index contributed by atoms with van der Waals surface area (Å²) < 4.78 is 5.21. The van der Waals surface area contributed by atoms with Gasteiger partial charge in [-0.1, -0.05) is 42.5 Å². The van der Waals surface area contributed by atoms with Crippen LogP contribution in [0, 0.1) is 0 Å². The Kier molecular flexibility index (Phi) is 9.45. The summed E-state index contributed by atoms with van der Waals surface area (Å²) in [6, 6.07) is 19.0. The minimum absolute atomic E-state index is 0.103. The van der Waals surface area contributed by atoms with Crippen LogP contribution in [-0.2, 0) is 16.0 Å². The largest absolute Gasteiger partial charge is 0.497 e. The van der Waals surface area contributed by atoms with Gasteiger partial charge in [0, 0.05) is 51.2 Å². The van der Waals surface area contributed by atoms with Gasteiger partial charge in [-0.15, -0.1) is 0 Å². The van der Waals surface area contributed by atoms with E-state index >= 15 is 0 Å². The molecule has 206 valence electrons. The molecule has 0 aliphatic carbocycles. The second kappa shape index (κ2) is 13.2. The van der Waals surface area contributed by atoms with Gasteiger partial charge in [0.1, 0.15) is 17.4 Å². The molecule has 10 nitrogen and oxygen atoms in total. The number of anilines is 2. The summed E-state index contributed by atoms with van der Waals surface area (Å²) in [4.78, 5) is 35.2. The lowest BCUT2D eigenvalue weighted by Crippen LogP contribution is -2.47. The second-order valence-corrected chi connectivity index (χ2v) is 9.81. The Hall–Kier alpha value is -4.02. The standard InChI is InChI=1S/C29H36N6O4/c1-21(36)30-14-15-31-25-18-26(34-28(33-25)23-6-4-3-5-7-23)32-27(37)20-35-16-12-29(38,13-17-35)19-22-8-10-24(39-2)11-9-22/h3-11,18,38H,12-17,19-20H2,1-2H3,(H,30,36)(H2,31,32,33,34,37). The number of amides is 2. The topological polar surface area (TPSA) is 129 Å². The Morgan fingerprint density at radius 3 is 2.36 bits per heavy atom. The normalized spacial score (nSPS) is 14.8. The van der Waals surface area contributed by atoms with Crippen LogP contribution in [0.5, 0.6) is 5.75 Å². The number of aliphatic hydroxyl groups is 1. The number of hydrogen-bond acceptors (Lipinski definition) is 8. The lowest BCUT2D eigenvalue weighted by Gasteiger charge is -2.38. The number of aromatic nitrogens is 2. The van der Waals surface area contributed by atoms with E-state index in [0.29, 0.717) is 62.9 Å². The summed E-state index contributed by atoms with van der Waals surface area (Å²) in [5.74, 6) is 1.93. The molecule has 1 saturated heterocycles. The van der Waals surface area contributed by atoms with Gasteiger partial charge in [0.25, 0.3) is 0 Å². The van der Waals surface area contributed by atoms with Crippen LogP contribution in [0.3, 0.4) is 0 Å². The molecule has 4 rings (SSSR count). The van der Waals surface area contributed by atoms with Gasteiger partial charge in [-0.05, 0) is 30.5 Å². The molecule has 1 aliphatic heterocycles. The van der Waals surface area contributed by atoms with Crippen molar-refractivity contribution in [2.24, 2.45) is 0 Å². The predicted molar refractivity (Wildman–Crippen MR) is 151 cm³/mol. The number of nitrogens with zero attached hydrogens (tertiary/aromatic N) is 3. The fourth-order valence-corrected chi connectivity index (χ4v) is 4.56. The molecule has 1 aromatic heterocycles. The van der Waals surface area contributed by atoms with Crippen molar-refractivity contribution in [3.8, 4) is 17.1 Å². The zero-order valence-electron chi connectivity index (χ0n) is 22.4. The third-order valence-electron chi connectivity index (χ3n) is 6.68. The zero-order valence-corrected chi connectivity index (χ0v) is 22.4. The van der Waals surface area contributed by atoms with Gasteiger partial charge in [-0.3, -0.25) is 14.5 Å². The van der Waals surface area contributed by atoms with Crippen molar-refractivity contribution in [3.63, 3.8) is 0 Å². The van der Waals surface area contributed by atoms with Crippen LogP contribution in [0.4, 0.5) is 11.6 Å². The van der Waals surface area contributed by atoms with Crippen LogP contribution in [0.25, 0.3) is 11.4 Å². The van der Waals surface area contributed by atoms with E-state index in [4.69, 9.17) is 4.74 Å². The maximum absolute atomic E-state index is 12.9. The first-order valence-corrected chi connectivity index (χ1v) is 13.1. The van der Waals surface area contributed by atoms with E-state index in [1.807, 2.05) is 59.5 Å². The SMILES string of the molecule is COc1ccc(CC2(O)CCN(CC(=O)Nc3cc(NCCNC(C)=O)nc(-c4ccccc4)n3)CC2)cc1. The molecule has 1 aliphatic rings. The molecule has 0 bridgehead atoms. The van der Waals surface area contributed by atoms with Crippen molar-refractivity contribution in [2.75, 3.05) is 50.5 Å². The van der Waals surface area contributed by atoms with Crippen LogP contribution < -0.4 is 20.7 Å². The molecule has 2 heterocycles. The third kappa shape index (κ3) is 8.49. The number of carbonyl (C=O) groups is 2. The van der Waals surface area contributed by atoms with Crippen molar-refractivity contribution < 1.29 is 19.4 Å². The zero-order chi connectivity index (χ0) is 27.7. The first-order valence-electron chi connectivity index (χ1n) is 13.1. The first-order chi connectivity index (χ1) is 18.8. The number of rotatable bonds is 11. The van der Waals surface area contributed by atoms with Gasteiger partial charge >= 0.3 is 0 Å². The highest BCUT2D eigenvalue weighted by molar-refractivity contribution is 5.92. The van der Waals surface area contributed by atoms with Gasteiger partial charge in [0.15, 0.2) is 5.82 Å². The molecule has 2 aromatic carbocycles. The Balaban J connectivity index is 1.34. The number of likely N-dealkylation sites (tertiary alicyclic amines) is 1. The molecular formula is C29H36N6O4. The lowest BCUT2D eigenvalue weighted by atomic mass is 9.85. The lowest BCUT2D eigenvalue weighted by molar-refractivity contribution is -0.119. The predicted octanol–water partition coefficient (Wildman–Crippen LogP) is 2.71. The van der Waals surface area contributed by atoms with E-state index in [1.54, 1.807) is 13.2 Å². The highest BCUT2D eigenvalue weighted by Crippen LogP contribution is 2.27. The molecule has 39 heavy (non-hydrogen) atoms. The fraction of sp³-hybridized carbons (Fsp3) is 0.379. The molecule has 0 radical (unpaired) electrons. The molecule has 2 amide bonds. The summed E-state index contributed by atoms with van der Waals surface area (Å²) in [5.41, 5.74) is 1.09. The van der Waals surface area contributed by atoms with E-state index in [0.717, 1.165) is 16.9 Å². The van der Waals surface area contributed by atoms with Crippen LogP contribution in [-0.4, -0.2) is 77.2 Å². The number of piperidine rings is 1. The quantitative estimate of drug-likeness (QED) is 0.278. The van der Waals surface area contributed by atoms with Crippen molar-refractivity contribution in [2.45, 2.75) is 31.8 Å². The Labute approximate surface area is 228 Å². The molecule has 0 atom stereocenters. The molecule has 4 N–H and O–H groups in total. The third-order valence-corrected chi connectivity index (χ3v) is 6.68. The fourth-order valence-electron chi connectivity index (χ4n) is 4.56. The Morgan fingerprint density at radius 1 is 1.00 bits per heavy atom. The highest BCUT2D eigenvalue weighted by atomic mass is 16.5. The average molecular weight is 533 g/mol. The number of ether oxygens (including phenoxy) is 1. The van der Waals surface area contributed by atoms with Crippen molar-refractivity contribution in [1.82, 2.24) is 20.2 Å². The molecule has 0 spiro atoms. The number of benzene rings is 2. The molecule has 3 aromatic rings. The van der Waals surface area contributed by atoms with E-state index in [2.05, 4.69) is 25.9 Å². The number of methoxy groups -OCH3 is 1. The summed E-state index contributed by atoms with van der Waals surface area (Å²) in [5, 5.41) is 19.9. The van der Waals surface area contributed by atoms with E-state index in [1.165, 1.54) is 6.92 Å². The van der Waals surface area contributed by atoms with Crippen molar-refractivity contribution >= 4 is 23.5 Å². The van der Waals surface area contributed by atoms with E-state index < -0.39 is 5.60 Å². The van der Waals surface area contributed by atoms with Gasteiger partial charge < -0.3 is 25.8 Å². The monoisotopic (exact) mass is 532 g/mol. The number of hydrogen-bond donors (Lipinski definition) is 4. The van der Waals surface area contributed by atoms with Gasteiger partial charge in [-0.2, -0.15) is 0 Å². The van der Waals surface area contributed by atoms with Crippen LogP contribution in [0.2, 0.25) is 0 Å². The minimum atomic E-state index is -0.795. The smallest absolute Gasteiger partial charge is 0.239 e. The summed E-state index contributed by atoms with van der Waals surface area (Å²) in [6.07, 6.45) is 1.73. The van der Waals surface area contributed by atoms with E-state index in [9.17, 15) is 14.7 Å². The molecule has 0 unspecified atom stereocenters. The van der Waals surface area contributed by atoms with Gasteiger partial charge in [0.05, 0.1) is 19.3 Å². The van der Waals surface area contributed by atoms with Crippen LogP contribution in [0.15, 0.2) is 60.7 Å². The highest BCUT2D eigenvalue weighted by Gasteiger charge is 2.33. The molecule has 10 heteroatoms. The van der Waals surface area contributed by atoms with Crippen LogP contribution >= 0.6 is 0 Å². The molecule has 1 fully saturated rings. The summed E-state index contributed by atoms with van der Waals surface area (Å²) in [6.45, 7) is 3.83. The van der Waals surface area contributed by atoms with Crippen LogP contribution in [0.1, 0.15) is 25.3 Å². The van der Waals surface area contributed by atoms with Gasteiger partial charge in [-0.25, -0.2) is 9.97 Å². The average Bonchev–Trinajstić information content (AvgIpc) is 2.93. The number of nitrogens with one attached hydrogen (secondary N) is 3. The van der Waals surface area contributed by atoms with Gasteiger partial charge in [0.2, 0.25) is 11.8 Å². The Morgan fingerprint density at radius 2 is 1.69 bits per heavy atom. The Bertz CT molecular complexity index is 1240. The van der Waals surface area contributed by atoms with Crippen molar-refractivity contribution in [3.05, 3.63) is 66.2 Å². The maximum Gasteiger partial charge on any atom is 0.239 e. The summed E-state index contributed by atoms with van der Waals surface area (Å²) in [7, 11) is 1.63. The molecule has 0 saturated carbocycles. The van der Waals surface area contributed by atoms with Crippen molar-refractivity contribution in [1.29, 1.82) is 0 Å². The first kappa shape index (κ1) is 28.0. The second-order valence-electron chi connectivity index (χ2n) is 9.81. The number of carbonyl (C=O) groups excluding carboxylic acids is 2. The maximum atomic E-state index is 12.9.